The van der Waals surface area contributed by atoms with E-state index in [0.717, 1.165) is 0 Å². The minimum Gasteiger partial charge on any atom is -0.598 e. The molecule has 4 nitrogen and oxygen atoms in total. The summed E-state index contributed by atoms with van der Waals surface area (Å²) in [5.41, 5.74) is 0. The molecule has 0 aliphatic rings. The standard InChI is InChI=1S/C6H6O.Ni.HO3P/c7-6-4-2-1-3-5-6;;1-4(2)3/h1-5,7H;;(H,1,2,3)/q;+2;/p-1. The topological polar surface area (TPSA) is 83.4 Å². The molecule has 0 spiro atoms. The minimum absolute atomic E-state index is 0. The van der Waals surface area contributed by atoms with E-state index in [4.69, 9.17) is 19.5 Å². The molecule has 1 rings (SSSR count). The zero-order chi connectivity index (χ0) is 8.69. The molecule has 0 aliphatic carbocycles. The van der Waals surface area contributed by atoms with Crippen LogP contribution in [0.3, 0.4) is 0 Å². The van der Waals surface area contributed by atoms with Crippen LogP contribution < -0.4 is 9.79 Å². The van der Waals surface area contributed by atoms with Crippen LogP contribution in [0.2, 0.25) is 0 Å². The van der Waals surface area contributed by atoms with Gasteiger partial charge < -0.3 is 14.9 Å². The van der Waals surface area contributed by atoms with Crippen molar-refractivity contribution in [2.75, 3.05) is 0 Å². The molecule has 1 aromatic carbocycles. The fourth-order valence-corrected chi connectivity index (χ4v) is 0.428. The van der Waals surface area contributed by atoms with E-state index in [0.29, 0.717) is 5.75 Å². The molecule has 0 unspecified atom stereocenters. The van der Waals surface area contributed by atoms with Crippen LogP contribution in [0.1, 0.15) is 0 Å². The zero-order valence-corrected chi connectivity index (χ0v) is 7.70. The third-order valence-corrected chi connectivity index (χ3v) is 0.756. The van der Waals surface area contributed by atoms with Gasteiger partial charge in [0.25, 0.3) is 8.25 Å². The van der Waals surface area contributed by atoms with Crippen molar-refractivity contribution in [2.45, 2.75) is 0 Å². The number of para-hydroxylation sites is 1. The average Bonchev–Trinajstić information content (AvgIpc) is 1.87. The van der Waals surface area contributed by atoms with Crippen LogP contribution in [0, 0.1) is 0 Å². The van der Waals surface area contributed by atoms with Crippen LogP contribution in [-0.2, 0) is 21.1 Å². The summed E-state index contributed by atoms with van der Waals surface area (Å²) in [5, 5.41) is 8.63. The molecule has 1 aromatic rings. The van der Waals surface area contributed by atoms with Crippen molar-refractivity contribution in [1.29, 1.82) is 0 Å². The van der Waals surface area contributed by atoms with Crippen molar-refractivity contribution in [3.8, 4) is 5.75 Å². The first-order valence-electron chi connectivity index (χ1n) is 2.68. The number of hydrogen-bond acceptors (Lipinski definition) is 4. The first kappa shape index (κ1) is 14.1. The van der Waals surface area contributed by atoms with Crippen molar-refractivity contribution < 1.29 is 35.9 Å². The van der Waals surface area contributed by atoms with E-state index in [-0.39, 0.29) is 16.5 Å². The predicted molar refractivity (Wildman–Crippen MR) is 35.7 cm³/mol. The molecule has 0 aromatic heterocycles. The number of phenolic OH excluding ortho intramolecular Hbond substituents is 1. The Morgan fingerprint density at radius 3 is 1.67 bits per heavy atom. The van der Waals surface area contributed by atoms with Gasteiger partial charge in [-0.2, -0.15) is 0 Å². The van der Waals surface area contributed by atoms with Gasteiger partial charge in [-0.1, -0.05) is 22.8 Å². The summed E-state index contributed by atoms with van der Waals surface area (Å²) in [4.78, 5) is 17.0. The van der Waals surface area contributed by atoms with Crippen LogP contribution >= 0.6 is 8.25 Å². The van der Waals surface area contributed by atoms with Gasteiger partial charge in [-0.05, 0) is 12.1 Å². The van der Waals surface area contributed by atoms with Gasteiger partial charge in [0.2, 0.25) is 0 Å². The normalized spacial score (nSPS) is 7.17. The second kappa shape index (κ2) is 8.63. The first-order valence-corrected chi connectivity index (χ1v) is 3.78. The Hall–Kier alpha value is -0.466. The summed E-state index contributed by atoms with van der Waals surface area (Å²) in [6.45, 7) is 0. The molecule has 0 bridgehead atoms. The van der Waals surface area contributed by atoms with Gasteiger partial charge in [0.05, 0.1) is 0 Å². The molecular formula is C6H6NiO4P+. The third-order valence-electron chi connectivity index (χ3n) is 0.756. The summed E-state index contributed by atoms with van der Waals surface area (Å²) in [5.74, 6) is 0.322. The minimum atomic E-state index is -3.37. The maximum atomic E-state index is 8.63. The Morgan fingerprint density at radius 2 is 1.50 bits per heavy atom. The van der Waals surface area contributed by atoms with Crippen molar-refractivity contribution >= 4 is 8.25 Å². The van der Waals surface area contributed by atoms with Gasteiger partial charge in [-0.25, -0.2) is 0 Å². The van der Waals surface area contributed by atoms with Gasteiger partial charge in [-0.3, -0.25) is 0 Å². The number of benzene rings is 1. The Bertz CT molecular complexity index is 212. The Labute approximate surface area is 80.7 Å². The zero-order valence-electron chi connectivity index (χ0n) is 5.82. The second-order valence-corrected chi connectivity index (χ2v) is 2.01. The van der Waals surface area contributed by atoms with Crippen molar-refractivity contribution in [2.24, 2.45) is 0 Å². The van der Waals surface area contributed by atoms with Crippen LogP contribution in [0.4, 0.5) is 0 Å². The summed E-state index contributed by atoms with van der Waals surface area (Å²) in [6.07, 6.45) is 0. The maximum Gasteiger partial charge on any atom is 2.00 e. The molecule has 12 heavy (non-hydrogen) atoms. The Kier molecular flexibility index (Phi) is 10.1. The third kappa shape index (κ3) is 12.2. The van der Waals surface area contributed by atoms with E-state index in [1.807, 2.05) is 6.07 Å². The van der Waals surface area contributed by atoms with Gasteiger partial charge >= 0.3 is 16.5 Å². The molecule has 0 saturated heterocycles. The SMILES string of the molecule is O=[P+]([O-])[O-].Oc1ccccc1.[Ni+2]. The Balaban J connectivity index is 0. The van der Waals surface area contributed by atoms with E-state index in [1.165, 1.54) is 0 Å². The number of hydrogen-bond donors (Lipinski definition) is 1. The monoisotopic (exact) mass is 231 g/mol. The predicted octanol–water partition coefficient (Wildman–Crippen LogP) is -0.246. The van der Waals surface area contributed by atoms with Crippen molar-refractivity contribution in [3.63, 3.8) is 0 Å². The van der Waals surface area contributed by atoms with Gasteiger partial charge in [0.15, 0.2) is 0 Å². The molecule has 1 N–H and O–H groups in total. The summed E-state index contributed by atoms with van der Waals surface area (Å²) >= 11 is 0. The van der Waals surface area contributed by atoms with Crippen molar-refractivity contribution in [1.82, 2.24) is 0 Å². The van der Waals surface area contributed by atoms with Gasteiger partial charge in [0.1, 0.15) is 5.75 Å². The van der Waals surface area contributed by atoms with E-state index in [1.54, 1.807) is 24.3 Å². The Morgan fingerprint density at radius 1 is 1.17 bits per heavy atom. The quantitative estimate of drug-likeness (QED) is 0.493. The van der Waals surface area contributed by atoms with Crippen molar-refractivity contribution in [3.05, 3.63) is 30.3 Å². The largest absolute Gasteiger partial charge is 2.00 e. The van der Waals surface area contributed by atoms with Gasteiger partial charge in [0, 0.05) is 0 Å². The molecule has 0 amide bonds. The molecule has 0 atom stereocenters. The fraction of sp³-hybridized carbons (Fsp3) is 0. The maximum absolute atomic E-state index is 8.63. The smallest absolute Gasteiger partial charge is 0.598 e. The summed E-state index contributed by atoms with van der Waals surface area (Å²) in [7, 11) is -3.37. The van der Waals surface area contributed by atoms with E-state index in [9.17, 15) is 0 Å². The van der Waals surface area contributed by atoms with E-state index < -0.39 is 8.25 Å². The van der Waals surface area contributed by atoms with E-state index in [2.05, 4.69) is 0 Å². The van der Waals surface area contributed by atoms with Crippen LogP contribution in [0.15, 0.2) is 30.3 Å². The first-order chi connectivity index (χ1) is 5.13. The van der Waals surface area contributed by atoms with Crippen LogP contribution in [0.25, 0.3) is 0 Å². The molecule has 0 heterocycles. The summed E-state index contributed by atoms with van der Waals surface area (Å²) < 4.78 is 8.48. The molecule has 6 heteroatoms. The molecule has 0 aliphatic heterocycles. The number of aromatic hydroxyl groups is 1. The molecule has 0 radical (unpaired) electrons. The molecule has 0 fully saturated rings. The second-order valence-electron chi connectivity index (χ2n) is 1.56. The number of rotatable bonds is 0. The molecule has 68 valence electrons. The van der Waals surface area contributed by atoms with Crippen LogP contribution in [-0.4, -0.2) is 5.11 Å². The van der Waals surface area contributed by atoms with Crippen LogP contribution in [0.5, 0.6) is 5.75 Å². The van der Waals surface area contributed by atoms with Gasteiger partial charge in [-0.15, -0.1) is 0 Å². The molecule has 0 saturated carbocycles. The molecular weight excluding hydrogens is 226 g/mol. The fourth-order valence-electron chi connectivity index (χ4n) is 0.428. The number of phenols is 1. The average molecular weight is 232 g/mol. The summed E-state index contributed by atoms with van der Waals surface area (Å²) in [6, 6.07) is 8.71. The van der Waals surface area contributed by atoms with E-state index >= 15 is 0 Å².